The van der Waals surface area contributed by atoms with Gasteiger partial charge in [0, 0.05) is 66.1 Å². The van der Waals surface area contributed by atoms with Crippen molar-refractivity contribution >= 4 is 39.2 Å². The molecular formula is C19H20N4O3S. The van der Waals surface area contributed by atoms with E-state index in [1.807, 2.05) is 23.1 Å². The summed E-state index contributed by atoms with van der Waals surface area (Å²) in [6.07, 6.45) is 2.76. The van der Waals surface area contributed by atoms with Crippen molar-refractivity contribution in [3.05, 3.63) is 41.0 Å². The fourth-order valence-corrected chi connectivity index (χ4v) is 3.92. The zero-order chi connectivity index (χ0) is 18.8. The number of nitrogens with zero attached hydrogens (tertiary/aromatic N) is 2. The van der Waals surface area contributed by atoms with E-state index >= 15 is 0 Å². The number of amides is 2. The van der Waals surface area contributed by atoms with Crippen LogP contribution in [0, 0.1) is 0 Å². The highest BCUT2D eigenvalue weighted by atomic mass is 32.1. The molecule has 2 amide bonds. The first-order valence-corrected chi connectivity index (χ1v) is 9.66. The van der Waals surface area contributed by atoms with Crippen molar-refractivity contribution in [1.82, 2.24) is 14.9 Å². The first-order chi connectivity index (χ1) is 13.1. The maximum atomic E-state index is 12.6. The van der Waals surface area contributed by atoms with Crippen LogP contribution in [0.1, 0.15) is 24.1 Å². The van der Waals surface area contributed by atoms with E-state index in [0.29, 0.717) is 18.2 Å². The highest BCUT2D eigenvalue weighted by Crippen LogP contribution is 2.30. The lowest BCUT2D eigenvalue weighted by Gasteiger charge is -2.27. The van der Waals surface area contributed by atoms with Crippen LogP contribution in [0.2, 0.25) is 0 Å². The Morgan fingerprint density at radius 2 is 2.26 bits per heavy atom. The fraction of sp³-hybridized carbons (Fsp3) is 0.316. The zero-order valence-corrected chi connectivity index (χ0v) is 15.8. The maximum Gasteiger partial charge on any atom is 0.226 e. The van der Waals surface area contributed by atoms with Crippen LogP contribution in [0.5, 0.6) is 5.75 Å². The average molecular weight is 384 g/mol. The van der Waals surface area contributed by atoms with Crippen LogP contribution in [0.15, 0.2) is 29.8 Å². The van der Waals surface area contributed by atoms with Crippen molar-refractivity contribution < 1.29 is 14.3 Å². The van der Waals surface area contributed by atoms with Crippen LogP contribution in [-0.2, 0) is 22.6 Å². The van der Waals surface area contributed by atoms with E-state index in [1.54, 1.807) is 18.7 Å². The Morgan fingerprint density at radius 3 is 3.04 bits per heavy atom. The van der Waals surface area contributed by atoms with Gasteiger partial charge in [0.15, 0.2) is 5.13 Å². The molecule has 0 radical (unpaired) electrons. The zero-order valence-electron chi connectivity index (χ0n) is 14.9. The lowest BCUT2D eigenvalue weighted by atomic mass is 10.0. The molecule has 0 spiro atoms. The topological polar surface area (TPSA) is 87.3 Å². The molecule has 3 aromatic rings. The van der Waals surface area contributed by atoms with Crippen LogP contribution in [0.4, 0.5) is 5.13 Å². The predicted octanol–water partition coefficient (Wildman–Crippen LogP) is 2.94. The van der Waals surface area contributed by atoms with Gasteiger partial charge in [-0.3, -0.25) is 9.59 Å². The standard InChI is InChI=1S/C19H20N4O3S/c1-26-12-2-3-15-13(10-12)14-11-23(8-6-16(14)21-15)18(25)5-4-17(24)22-19-20-7-9-27-19/h2-3,7,9-10,21H,4-6,8,11H2,1H3,(H,20,22,24). The monoisotopic (exact) mass is 384 g/mol. The van der Waals surface area contributed by atoms with Crippen molar-refractivity contribution in [3.63, 3.8) is 0 Å². The molecule has 3 heterocycles. The number of rotatable bonds is 5. The lowest BCUT2D eigenvalue weighted by Crippen LogP contribution is -2.36. The number of benzene rings is 1. The number of methoxy groups -OCH3 is 1. The summed E-state index contributed by atoms with van der Waals surface area (Å²) < 4.78 is 5.32. The van der Waals surface area contributed by atoms with Crippen molar-refractivity contribution in [2.75, 3.05) is 19.0 Å². The second kappa shape index (κ2) is 7.40. The van der Waals surface area contributed by atoms with Gasteiger partial charge in [0.2, 0.25) is 11.8 Å². The number of thiazole rings is 1. The molecule has 2 N–H and O–H groups in total. The van der Waals surface area contributed by atoms with Crippen molar-refractivity contribution in [1.29, 1.82) is 0 Å². The molecule has 4 rings (SSSR count). The summed E-state index contributed by atoms with van der Waals surface area (Å²) in [6, 6.07) is 5.93. The Bertz CT molecular complexity index is 980. The summed E-state index contributed by atoms with van der Waals surface area (Å²) in [5.74, 6) is 0.603. The number of carbonyl (C=O) groups excluding carboxylic acids is 2. The second-order valence-electron chi connectivity index (χ2n) is 6.44. The first kappa shape index (κ1) is 17.5. The molecule has 0 aliphatic carbocycles. The summed E-state index contributed by atoms with van der Waals surface area (Å²) in [6.45, 7) is 1.21. The number of aromatic amines is 1. The Hall–Kier alpha value is -2.87. The third-order valence-electron chi connectivity index (χ3n) is 4.78. The number of hydrogen-bond acceptors (Lipinski definition) is 5. The normalized spacial score (nSPS) is 13.4. The van der Waals surface area contributed by atoms with Gasteiger partial charge in [-0.25, -0.2) is 4.98 Å². The number of aromatic nitrogens is 2. The molecule has 2 aromatic heterocycles. The van der Waals surface area contributed by atoms with Crippen molar-refractivity contribution in [3.8, 4) is 5.75 Å². The SMILES string of the molecule is COc1ccc2[nH]c3c(c2c1)CN(C(=O)CCC(=O)Nc1nccs1)CC3. The third kappa shape index (κ3) is 3.66. The lowest BCUT2D eigenvalue weighted by molar-refractivity contribution is -0.133. The third-order valence-corrected chi connectivity index (χ3v) is 5.47. The Balaban J connectivity index is 1.41. The molecule has 0 bridgehead atoms. The van der Waals surface area contributed by atoms with Crippen LogP contribution < -0.4 is 10.1 Å². The molecular weight excluding hydrogens is 364 g/mol. The van der Waals surface area contributed by atoms with E-state index in [0.717, 1.165) is 28.6 Å². The van der Waals surface area contributed by atoms with Gasteiger partial charge in [0.05, 0.1) is 7.11 Å². The van der Waals surface area contributed by atoms with Gasteiger partial charge in [-0.15, -0.1) is 11.3 Å². The Kier molecular flexibility index (Phi) is 4.81. The number of nitrogens with one attached hydrogen (secondary N) is 2. The van der Waals surface area contributed by atoms with Crippen LogP contribution in [-0.4, -0.2) is 40.3 Å². The minimum atomic E-state index is -0.187. The van der Waals surface area contributed by atoms with Gasteiger partial charge in [-0.2, -0.15) is 0 Å². The van der Waals surface area contributed by atoms with E-state index in [-0.39, 0.29) is 24.7 Å². The molecule has 27 heavy (non-hydrogen) atoms. The molecule has 0 fully saturated rings. The molecule has 8 heteroatoms. The molecule has 1 aliphatic rings. The summed E-state index contributed by atoms with van der Waals surface area (Å²) in [5, 5.41) is 6.15. The molecule has 0 saturated carbocycles. The highest BCUT2D eigenvalue weighted by molar-refractivity contribution is 7.13. The smallest absolute Gasteiger partial charge is 0.226 e. The molecule has 1 aliphatic heterocycles. The van der Waals surface area contributed by atoms with Gasteiger partial charge < -0.3 is 19.9 Å². The van der Waals surface area contributed by atoms with Gasteiger partial charge in [0.25, 0.3) is 0 Å². The molecule has 140 valence electrons. The van der Waals surface area contributed by atoms with Gasteiger partial charge in [0.1, 0.15) is 5.75 Å². The molecule has 0 saturated heterocycles. The van der Waals surface area contributed by atoms with Gasteiger partial charge in [-0.05, 0) is 18.2 Å². The largest absolute Gasteiger partial charge is 0.497 e. The van der Waals surface area contributed by atoms with E-state index in [1.165, 1.54) is 17.0 Å². The van der Waals surface area contributed by atoms with E-state index < -0.39 is 0 Å². The summed E-state index contributed by atoms with van der Waals surface area (Å²) in [5.41, 5.74) is 3.36. The van der Waals surface area contributed by atoms with Crippen LogP contribution >= 0.6 is 11.3 Å². The Labute approximate surface area is 160 Å². The summed E-state index contributed by atoms with van der Waals surface area (Å²) >= 11 is 1.36. The van der Waals surface area contributed by atoms with E-state index in [2.05, 4.69) is 15.3 Å². The molecule has 1 aromatic carbocycles. The maximum absolute atomic E-state index is 12.6. The predicted molar refractivity (Wildman–Crippen MR) is 104 cm³/mol. The number of fused-ring (bicyclic) bond motifs is 3. The number of anilines is 1. The average Bonchev–Trinajstić information content (AvgIpc) is 3.32. The second-order valence-corrected chi connectivity index (χ2v) is 7.34. The highest BCUT2D eigenvalue weighted by Gasteiger charge is 2.24. The number of carbonyl (C=O) groups is 2. The number of hydrogen-bond donors (Lipinski definition) is 2. The van der Waals surface area contributed by atoms with Gasteiger partial charge >= 0.3 is 0 Å². The van der Waals surface area contributed by atoms with E-state index in [9.17, 15) is 9.59 Å². The van der Waals surface area contributed by atoms with E-state index in [4.69, 9.17) is 4.74 Å². The summed E-state index contributed by atoms with van der Waals surface area (Å²) in [4.78, 5) is 33.8. The Morgan fingerprint density at radius 1 is 1.37 bits per heavy atom. The molecule has 7 nitrogen and oxygen atoms in total. The van der Waals surface area contributed by atoms with Crippen molar-refractivity contribution in [2.24, 2.45) is 0 Å². The van der Waals surface area contributed by atoms with Gasteiger partial charge in [-0.1, -0.05) is 0 Å². The first-order valence-electron chi connectivity index (χ1n) is 8.78. The fourth-order valence-electron chi connectivity index (χ4n) is 3.38. The van der Waals surface area contributed by atoms with Crippen molar-refractivity contribution in [2.45, 2.75) is 25.8 Å². The summed E-state index contributed by atoms with van der Waals surface area (Å²) in [7, 11) is 1.65. The quantitative estimate of drug-likeness (QED) is 0.708. The number of H-pyrrole nitrogens is 1. The van der Waals surface area contributed by atoms with Crippen LogP contribution in [0.3, 0.4) is 0 Å². The van der Waals surface area contributed by atoms with Crippen LogP contribution in [0.25, 0.3) is 10.9 Å². The minimum Gasteiger partial charge on any atom is -0.497 e. The minimum absolute atomic E-state index is 0.00724. The number of ether oxygens (including phenoxy) is 1. The molecule has 0 unspecified atom stereocenters. The molecule has 0 atom stereocenters.